The summed E-state index contributed by atoms with van der Waals surface area (Å²) in [5.74, 6) is 1.12. The third-order valence-electron chi connectivity index (χ3n) is 4.40. The molecule has 0 spiro atoms. The Morgan fingerprint density at radius 1 is 1.33 bits per heavy atom. The molecule has 116 valence electrons. The van der Waals surface area contributed by atoms with E-state index in [4.69, 9.17) is 0 Å². The van der Waals surface area contributed by atoms with Crippen molar-refractivity contribution in [3.05, 3.63) is 23.8 Å². The summed E-state index contributed by atoms with van der Waals surface area (Å²) in [5, 5.41) is 20.0. The van der Waals surface area contributed by atoms with Crippen LogP contribution >= 0.6 is 0 Å². The highest BCUT2D eigenvalue weighted by Crippen LogP contribution is 2.43. The van der Waals surface area contributed by atoms with E-state index in [0.717, 1.165) is 18.4 Å². The summed E-state index contributed by atoms with van der Waals surface area (Å²) < 4.78 is 0. The maximum atomic E-state index is 11.4. The molecule has 0 bridgehead atoms. The van der Waals surface area contributed by atoms with Crippen molar-refractivity contribution in [1.29, 1.82) is 0 Å². The molecule has 0 radical (unpaired) electrons. The van der Waals surface area contributed by atoms with Gasteiger partial charge in [0.15, 0.2) is 0 Å². The second kappa shape index (κ2) is 6.37. The van der Waals surface area contributed by atoms with Crippen LogP contribution in [0.25, 0.3) is 0 Å². The zero-order valence-corrected chi connectivity index (χ0v) is 13.0. The summed E-state index contributed by atoms with van der Waals surface area (Å²) >= 11 is 0. The average molecular weight is 291 g/mol. The highest BCUT2D eigenvalue weighted by Gasteiger charge is 2.27. The van der Waals surface area contributed by atoms with Crippen molar-refractivity contribution in [1.82, 2.24) is 0 Å². The molecule has 1 aliphatic carbocycles. The number of carbonyl (C=O) groups is 1. The molecule has 0 heterocycles. The van der Waals surface area contributed by atoms with Crippen molar-refractivity contribution >= 4 is 11.8 Å². The number of amides is 1. The first kappa shape index (κ1) is 15.7. The summed E-state index contributed by atoms with van der Waals surface area (Å²) in [6.07, 6.45) is 3.50. The smallest absolute Gasteiger partial charge is 0.412 e. The summed E-state index contributed by atoms with van der Waals surface area (Å²) in [6, 6.07) is 5.25. The van der Waals surface area contributed by atoms with E-state index in [1.807, 2.05) is 26.0 Å². The molecule has 1 fully saturated rings. The quantitative estimate of drug-likeness (QED) is 0.857. The van der Waals surface area contributed by atoms with E-state index in [9.17, 15) is 15.0 Å². The molecule has 2 rings (SSSR count). The third-order valence-corrected chi connectivity index (χ3v) is 4.40. The predicted molar refractivity (Wildman–Crippen MR) is 84.1 cm³/mol. The Labute approximate surface area is 126 Å². The van der Waals surface area contributed by atoms with E-state index >= 15 is 0 Å². The lowest BCUT2D eigenvalue weighted by molar-refractivity contribution is 0.199. The van der Waals surface area contributed by atoms with Gasteiger partial charge >= 0.3 is 6.09 Å². The number of phenols is 1. The fourth-order valence-electron chi connectivity index (χ4n) is 3.39. The molecular formula is C17H25NO3. The monoisotopic (exact) mass is 291 g/mol. The molecular weight excluding hydrogens is 266 g/mol. The predicted octanol–water partition coefficient (Wildman–Crippen LogP) is 4.58. The molecule has 2 unspecified atom stereocenters. The fourth-order valence-corrected chi connectivity index (χ4v) is 3.39. The van der Waals surface area contributed by atoms with Gasteiger partial charge in [-0.15, -0.1) is 0 Å². The first-order valence-corrected chi connectivity index (χ1v) is 7.75. The summed E-state index contributed by atoms with van der Waals surface area (Å²) in [6.45, 7) is 5.86. The van der Waals surface area contributed by atoms with Crippen LogP contribution < -0.4 is 4.90 Å². The SMILES string of the molecule is CC1CCCC(c2cccc(N(C(=O)O)C(C)C)c2O)C1. The van der Waals surface area contributed by atoms with E-state index in [1.54, 1.807) is 6.07 Å². The number of phenolic OH excluding ortho intramolecular Hbond substituents is 1. The van der Waals surface area contributed by atoms with Crippen LogP contribution in [0.4, 0.5) is 10.5 Å². The number of hydrogen-bond acceptors (Lipinski definition) is 2. The van der Waals surface area contributed by atoms with Crippen molar-refractivity contribution in [2.24, 2.45) is 5.92 Å². The second-order valence-corrected chi connectivity index (χ2v) is 6.43. The fraction of sp³-hybridized carbons (Fsp3) is 0.588. The Kier molecular flexibility index (Phi) is 4.76. The van der Waals surface area contributed by atoms with E-state index in [1.165, 1.54) is 17.7 Å². The first-order valence-electron chi connectivity index (χ1n) is 7.75. The number of rotatable bonds is 3. The second-order valence-electron chi connectivity index (χ2n) is 6.43. The van der Waals surface area contributed by atoms with Gasteiger partial charge < -0.3 is 10.2 Å². The van der Waals surface area contributed by atoms with Crippen LogP contribution in [0.1, 0.15) is 57.9 Å². The van der Waals surface area contributed by atoms with Crippen LogP contribution in [-0.2, 0) is 0 Å². The number of nitrogens with zero attached hydrogens (tertiary/aromatic N) is 1. The summed E-state index contributed by atoms with van der Waals surface area (Å²) in [4.78, 5) is 12.7. The van der Waals surface area contributed by atoms with Crippen molar-refractivity contribution in [3.63, 3.8) is 0 Å². The lowest BCUT2D eigenvalue weighted by Crippen LogP contribution is -2.35. The van der Waals surface area contributed by atoms with E-state index in [2.05, 4.69) is 6.92 Å². The van der Waals surface area contributed by atoms with Crippen molar-refractivity contribution in [2.45, 2.75) is 58.4 Å². The topological polar surface area (TPSA) is 60.8 Å². The van der Waals surface area contributed by atoms with Crippen molar-refractivity contribution in [3.8, 4) is 5.75 Å². The van der Waals surface area contributed by atoms with Gasteiger partial charge in [-0.2, -0.15) is 0 Å². The Hall–Kier alpha value is -1.71. The number of carboxylic acid groups (broad SMARTS) is 1. The maximum absolute atomic E-state index is 11.4. The number of para-hydroxylation sites is 1. The highest BCUT2D eigenvalue weighted by molar-refractivity contribution is 5.89. The molecule has 21 heavy (non-hydrogen) atoms. The van der Waals surface area contributed by atoms with Gasteiger partial charge in [-0.3, -0.25) is 4.90 Å². The lowest BCUT2D eigenvalue weighted by Gasteiger charge is -2.30. The molecule has 1 aromatic rings. The van der Waals surface area contributed by atoms with Gasteiger partial charge in [-0.05, 0) is 50.2 Å². The number of aromatic hydroxyl groups is 1. The van der Waals surface area contributed by atoms with Crippen LogP contribution in [-0.4, -0.2) is 22.3 Å². The Bertz CT molecular complexity index is 513. The van der Waals surface area contributed by atoms with E-state index in [-0.39, 0.29) is 11.8 Å². The largest absolute Gasteiger partial charge is 0.505 e. The van der Waals surface area contributed by atoms with Crippen LogP contribution in [0.15, 0.2) is 18.2 Å². The number of anilines is 1. The average Bonchev–Trinajstić information content (AvgIpc) is 2.40. The number of hydrogen-bond donors (Lipinski definition) is 2. The molecule has 4 heteroatoms. The van der Waals surface area contributed by atoms with Crippen LogP contribution in [0.2, 0.25) is 0 Å². The molecule has 2 atom stereocenters. The maximum Gasteiger partial charge on any atom is 0.412 e. The van der Waals surface area contributed by atoms with Gasteiger partial charge in [0.25, 0.3) is 0 Å². The zero-order chi connectivity index (χ0) is 15.6. The van der Waals surface area contributed by atoms with Crippen LogP contribution in [0.3, 0.4) is 0 Å². The highest BCUT2D eigenvalue weighted by atomic mass is 16.4. The van der Waals surface area contributed by atoms with Gasteiger partial charge in [0.2, 0.25) is 0 Å². The normalized spacial score (nSPS) is 22.3. The Balaban J connectivity index is 2.37. The molecule has 1 aromatic carbocycles. The lowest BCUT2D eigenvalue weighted by atomic mass is 9.78. The summed E-state index contributed by atoms with van der Waals surface area (Å²) in [7, 11) is 0. The number of benzene rings is 1. The van der Waals surface area contributed by atoms with Crippen molar-refractivity contribution in [2.75, 3.05) is 4.90 Å². The molecule has 4 nitrogen and oxygen atoms in total. The van der Waals surface area contributed by atoms with Gasteiger partial charge in [0.1, 0.15) is 5.75 Å². The van der Waals surface area contributed by atoms with Gasteiger partial charge in [-0.25, -0.2) is 4.79 Å². The standard InChI is InChI=1S/C17H25NO3/c1-11(2)18(17(20)21)15-9-5-8-14(16(15)19)13-7-4-6-12(3)10-13/h5,8-9,11-13,19H,4,6-7,10H2,1-3H3,(H,20,21). The molecule has 1 aliphatic rings. The zero-order valence-electron chi connectivity index (χ0n) is 13.0. The van der Waals surface area contributed by atoms with Crippen LogP contribution in [0.5, 0.6) is 5.75 Å². The minimum absolute atomic E-state index is 0.132. The minimum atomic E-state index is -1.03. The molecule has 0 aromatic heterocycles. The summed E-state index contributed by atoms with van der Waals surface area (Å²) in [5.41, 5.74) is 1.29. The molecule has 1 saturated carbocycles. The van der Waals surface area contributed by atoms with Crippen LogP contribution in [0, 0.1) is 5.92 Å². The van der Waals surface area contributed by atoms with Gasteiger partial charge in [0, 0.05) is 6.04 Å². The van der Waals surface area contributed by atoms with E-state index < -0.39 is 6.09 Å². The Morgan fingerprint density at radius 3 is 2.62 bits per heavy atom. The third kappa shape index (κ3) is 3.31. The molecule has 2 N–H and O–H groups in total. The molecule has 0 aliphatic heterocycles. The van der Waals surface area contributed by atoms with Crippen molar-refractivity contribution < 1.29 is 15.0 Å². The van der Waals surface area contributed by atoms with Gasteiger partial charge in [-0.1, -0.05) is 31.9 Å². The molecule has 0 saturated heterocycles. The van der Waals surface area contributed by atoms with E-state index in [0.29, 0.717) is 17.5 Å². The van der Waals surface area contributed by atoms with Gasteiger partial charge in [0.05, 0.1) is 5.69 Å². The Morgan fingerprint density at radius 2 is 2.05 bits per heavy atom. The minimum Gasteiger partial charge on any atom is -0.505 e. The molecule has 1 amide bonds. The first-order chi connectivity index (χ1) is 9.91.